The van der Waals surface area contributed by atoms with Crippen molar-refractivity contribution < 1.29 is 19.1 Å². The van der Waals surface area contributed by atoms with Gasteiger partial charge in [-0.1, -0.05) is 18.2 Å². The summed E-state index contributed by atoms with van der Waals surface area (Å²) < 4.78 is 5.32. The van der Waals surface area contributed by atoms with E-state index in [4.69, 9.17) is 4.74 Å². The van der Waals surface area contributed by atoms with E-state index in [9.17, 15) is 14.4 Å². The predicted molar refractivity (Wildman–Crippen MR) is 104 cm³/mol. The van der Waals surface area contributed by atoms with Crippen molar-refractivity contribution in [3.8, 4) is 5.75 Å². The monoisotopic (exact) mass is 368 g/mol. The standard InChI is InChI=1S/C21H24N2O4/c1-15(24)17-8-10-19(11-9-17)22-21(26)12-13-23(16(2)25)14-18-6-4-5-7-20(18)27-3/h4-11H,12-14H2,1-3H3,(H,22,26). The third-order valence-electron chi connectivity index (χ3n) is 4.18. The zero-order chi connectivity index (χ0) is 19.8. The smallest absolute Gasteiger partial charge is 0.226 e. The van der Waals surface area contributed by atoms with Crippen molar-refractivity contribution in [1.82, 2.24) is 4.90 Å². The highest BCUT2D eigenvalue weighted by Gasteiger charge is 2.14. The van der Waals surface area contributed by atoms with Crippen LogP contribution >= 0.6 is 0 Å². The van der Waals surface area contributed by atoms with Crippen molar-refractivity contribution in [2.75, 3.05) is 19.0 Å². The molecule has 0 unspecified atom stereocenters. The lowest BCUT2D eigenvalue weighted by Crippen LogP contribution is -2.31. The molecule has 0 radical (unpaired) electrons. The van der Waals surface area contributed by atoms with Gasteiger partial charge >= 0.3 is 0 Å². The number of anilines is 1. The Morgan fingerprint density at radius 1 is 1.00 bits per heavy atom. The minimum Gasteiger partial charge on any atom is -0.496 e. The molecule has 6 nitrogen and oxygen atoms in total. The Morgan fingerprint density at radius 3 is 2.26 bits per heavy atom. The molecule has 2 aromatic carbocycles. The summed E-state index contributed by atoms with van der Waals surface area (Å²) in [4.78, 5) is 37.0. The van der Waals surface area contributed by atoms with Crippen molar-refractivity contribution in [3.05, 3.63) is 59.7 Å². The lowest BCUT2D eigenvalue weighted by molar-refractivity contribution is -0.129. The molecule has 0 atom stereocenters. The van der Waals surface area contributed by atoms with E-state index in [1.165, 1.54) is 13.8 Å². The lowest BCUT2D eigenvalue weighted by Gasteiger charge is -2.22. The van der Waals surface area contributed by atoms with E-state index in [1.807, 2.05) is 24.3 Å². The topological polar surface area (TPSA) is 75.7 Å². The molecule has 6 heteroatoms. The minimum atomic E-state index is -0.197. The maximum absolute atomic E-state index is 12.2. The Bertz CT molecular complexity index is 815. The van der Waals surface area contributed by atoms with Gasteiger partial charge in [0.05, 0.1) is 7.11 Å². The molecule has 0 saturated heterocycles. The molecule has 0 bridgehead atoms. The number of nitrogens with one attached hydrogen (secondary N) is 1. The van der Waals surface area contributed by atoms with Crippen LogP contribution in [-0.4, -0.2) is 36.2 Å². The summed E-state index contributed by atoms with van der Waals surface area (Å²) in [5.74, 6) is 0.372. The van der Waals surface area contributed by atoms with Gasteiger partial charge in [0.25, 0.3) is 0 Å². The third-order valence-corrected chi connectivity index (χ3v) is 4.18. The number of carbonyl (C=O) groups is 3. The SMILES string of the molecule is COc1ccccc1CN(CCC(=O)Nc1ccc(C(C)=O)cc1)C(C)=O. The first-order valence-electron chi connectivity index (χ1n) is 8.69. The number of para-hydroxylation sites is 1. The first-order valence-corrected chi connectivity index (χ1v) is 8.69. The molecule has 0 aliphatic rings. The molecule has 0 aliphatic carbocycles. The average molecular weight is 368 g/mol. The van der Waals surface area contributed by atoms with E-state index in [2.05, 4.69) is 5.32 Å². The minimum absolute atomic E-state index is 0.0266. The fourth-order valence-electron chi connectivity index (χ4n) is 2.64. The molecule has 0 aromatic heterocycles. The highest BCUT2D eigenvalue weighted by molar-refractivity contribution is 5.95. The van der Waals surface area contributed by atoms with E-state index in [0.717, 1.165) is 5.56 Å². The van der Waals surface area contributed by atoms with Gasteiger partial charge in [-0.05, 0) is 37.3 Å². The van der Waals surface area contributed by atoms with E-state index in [0.29, 0.717) is 30.1 Å². The van der Waals surface area contributed by atoms with Gasteiger partial charge in [-0.15, -0.1) is 0 Å². The van der Waals surface area contributed by atoms with Crippen LogP contribution < -0.4 is 10.1 Å². The Hall–Kier alpha value is -3.15. The number of benzene rings is 2. The normalized spacial score (nSPS) is 10.2. The fraction of sp³-hybridized carbons (Fsp3) is 0.286. The zero-order valence-electron chi connectivity index (χ0n) is 15.8. The van der Waals surface area contributed by atoms with Gasteiger partial charge in [-0.25, -0.2) is 0 Å². The number of ether oxygens (including phenoxy) is 1. The van der Waals surface area contributed by atoms with Gasteiger partial charge in [-0.3, -0.25) is 14.4 Å². The summed E-state index contributed by atoms with van der Waals surface area (Å²) in [6.07, 6.45) is 0.170. The Balaban J connectivity index is 1.94. The van der Waals surface area contributed by atoms with Gasteiger partial charge in [0.15, 0.2) is 5.78 Å². The van der Waals surface area contributed by atoms with Crippen LogP contribution in [0.4, 0.5) is 5.69 Å². The van der Waals surface area contributed by atoms with Crippen LogP contribution in [0, 0.1) is 0 Å². The third kappa shape index (κ3) is 5.95. The molecule has 27 heavy (non-hydrogen) atoms. The average Bonchev–Trinajstić information content (AvgIpc) is 2.65. The molecular formula is C21H24N2O4. The first kappa shape index (κ1) is 20.2. The van der Waals surface area contributed by atoms with Gasteiger partial charge < -0.3 is 15.0 Å². The Kier molecular flexibility index (Phi) is 7.11. The lowest BCUT2D eigenvalue weighted by atomic mass is 10.1. The highest BCUT2D eigenvalue weighted by atomic mass is 16.5. The zero-order valence-corrected chi connectivity index (χ0v) is 15.8. The van der Waals surface area contributed by atoms with E-state index < -0.39 is 0 Å². The van der Waals surface area contributed by atoms with E-state index in [-0.39, 0.29) is 24.0 Å². The fourth-order valence-corrected chi connectivity index (χ4v) is 2.64. The molecule has 2 rings (SSSR count). The number of amides is 2. The summed E-state index contributed by atoms with van der Waals surface area (Å²) in [6.45, 7) is 3.64. The summed E-state index contributed by atoms with van der Waals surface area (Å²) >= 11 is 0. The molecule has 142 valence electrons. The molecule has 0 aliphatic heterocycles. The van der Waals surface area contributed by atoms with Gasteiger partial charge in [0.1, 0.15) is 5.75 Å². The van der Waals surface area contributed by atoms with Gasteiger partial charge in [-0.2, -0.15) is 0 Å². The second kappa shape index (κ2) is 9.52. The maximum Gasteiger partial charge on any atom is 0.226 e. The molecule has 0 saturated carbocycles. The first-order chi connectivity index (χ1) is 12.9. The summed E-state index contributed by atoms with van der Waals surface area (Å²) in [7, 11) is 1.59. The van der Waals surface area contributed by atoms with Crippen LogP contribution in [0.5, 0.6) is 5.75 Å². The molecule has 2 amide bonds. The number of rotatable bonds is 8. The predicted octanol–water partition coefficient (Wildman–Crippen LogP) is 3.28. The van der Waals surface area contributed by atoms with Crippen LogP contribution in [0.15, 0.2) is 48.5 Å². The van der Waals surface area contributed by atoms with Crippen molar-refractivity contribution in [2.45, 2.75) is 26.8 Å². The van der Waals surface area contributed by atoms with E-state index >= 15 is 0 Å². The van der Waals surface area contributed by atoms with Crippen LogP contribution in [0.1, 0.15) is 36.2 Å². The summed E-state index contributed by atoms with van der Waals surface area (Å²) in [5.41, 5.74) is 2.09. The van der Waals surface area contributed by atoms with Crippen molar-refractivity contribution in [2.24, 2.45) is 0 Å². The number of Topliss-reactive ketones (excluding diaryl/α,β-unsaturated/α-hetero) is 1. The largest absolute Gasteiger partial charge is 0.496 e. The molecular weight excluding hydrogens is 344 g/mol. The number of hydrogen-bond acceptors (Lipinski definition) is 4. The van der Waals surface area contributed by atoms with Crippen molar-refractivity contribution in [1.29, 1.82) is 0 Å². The van der Waals surface area contributed by atoms with Crippen LogP contribution in [0.3, 0.4) is 0 Å². The molecule has 0 spiro atoms. The number of carbonyl (C=O) groups excluding carboxylic acids is 3. The molecule has 0 fully saturated rings. The Morgan fingerprint density at radius 2 is 1.67 bits per heavy atom. The second-order valence-corrected chi connectivity index (χ2v) is 6.18. The second-order valence-electron chi connectivity index (χ2n) is 6.18. The van der Waals surface area contributed by atoms with Gasteiger partial charge in [0.2, 0.25) is 11.8 Å². The maximum atomic E-state index is 12.2. The van der Waals surface area contributed by atoms with Gasteiger partial charge in [0, 0.05) is 43.2 Å². The molecule has 0 heterocycles. The number of ketones is 1. The van der Waals surface area contributed by atoms with Crippen molar-refractivity contribution in [3.63, 3.8) is 0 Å². The quantitative estimate of drug-likeness (QED) is 0.726. The van der Waals surface area contributed by atoms with Crippen molar-refractivity contribution >= 4 is 23.3 Å². The van der Waals surface area contributed by atoms with Crippen LogP contribution in [-0.2, 0) is 16.1 Å². The van der Waals surface area contributed by atoms with Crippen LogP contribution in [0.25, 0.3) is 0 Å². The summed E-state index contributed by atoms with van der Waals surface area (Å²) in [6, 6.07) is 14.2. The Labute approximate surface area is 159 Å². The van der Waals surface area contributed by atoms with Crippen LogP contribution in [0.2, 0.25) is 0 Å². The van der Waals surface area contributed by atoms with E-state index in [1.54, 1.807) is 36.3 Å². The summed E-state index contributed by atoms with van der Waals surface area (Å²) in [5, 5.41) is 2.78. The highest BCUT2D eigenvalue weighted by Crippen LogP contribution is 2.19. The number of nitrogens with zero attached hydrogens (tertiary/aromatic N) is 1. The molecule has 1 N–H and O–H groups in total. The molecule has 2 aromatic rings. The number of hydrogen-bond donors (Lipinski definition) is 1. The number of methoxy groups -OCH3 is 1.